The molecule has 4 aromatic heterocycles. The van der Waals surface area contributed by atoms with E-state index < -0.39 is 6.55 Å². The van der Waals surface area contributed by atoms with Crippen molar-refractivity contribution in [2.75, 3.05) is 0 Å². The van der Waals surface area contributed by atoms with Gasteiger partial charge in [0.25, 0.3) is 0 Å². The summed E-state index contributed by atoms with van der Waals surface area (Å²) in [5.41, 5.74) is 0.940. The Morgan fingerprint density at radius 1 is 1.20 bits per heavy atom. The molecule has 0 fully saturated rings. The molecule has 0 spiro atoms. The summed E-state index contributed by atoms with van der Waals surface area (Å²) in [5, 5.41) is 10.8. The van der Waals surface area contributed by atoms with Gasteiger partial charge in [0.2, 0.25) is 5.82 Å². The third kappa shape index (κ3) is 1.59. The molecule has 4 aromatic rings. The van der Waals surface area contributed by atoms with Crippen molar-refractivity contribution in [1.82, 2.24) is 29.4 Å². The van der Waals surface area contributed by atoms with Crippen LogP contribution in [0.2, 0.25) is 0 Å². The zero-order valence-corrected chi connectivity index (χ0v) is 10.6. The van der Waals surface area contributed by atoms with Crippen LogP contribution in [0.25, 0.3) is 27.4 Å². The van der Waals surface area contributed by atoms with Crippen LogP contribution >= 0.6 is 11.3 Å². The van der Waals surface area contributed by atoms with E-state index in [2.05, 4.69) is 20.2 Å². The molecule has 0 saturated heterocycles. The molecule has 0 aliphatic rings. The first-order valence-corrected chi connectivity index (χ1v) is 6.52. The molecule has 20 heavy (non-hydrogen) atoms. The van der Waals surface area contributed by atoms with E-state index in [1.807, 2.05) is 11.4 Å². The highest BCUT2D eigenvalue weighted by Gasteiger charge is 2.14. The van der Waals surface area contributed by atoms with Crippen molar-refractivity contribution in [2.24, 2.45) is 0 Å². The molecule has 4 heterocycles. The topological polar surface area (TPSA) is 60.9 Å². The van der Waals surface area contributed by atoms with Crippen molar-refractivity contribution >= 4 is 27.2 Å². The largest absolute Gasteiger partial charge is 0.333 e. The van der Waals surface area contributed by atoms with Gasteiger partial charge >= 0.3 is 6.55 Å². The molecular formula is C11H6F2N6S. The van der Waals surface area contributed by atoms with Crippen LogP contribution in [-0.2, 0) is 0 Å². The highest BCUT2D eigenvalue weighted by atomic mass is 32.1. The lowest BCUT2D eigenvalue weighted by Gasteiger charge is -1.95. The Kier molecular flexibility index (Phi) is 2.30. The summed E-state index contributed by atoms with van der Waals surface area (Å²) in [4.78, 5) is 9.45. The lowest BCUT2D eigenvalue weighted by molar-refractivity contribution is 0.0568. The van der Waals surface area contributed by atoms with Gasteiger partial charge in [0.15, 0.2) is 5.65 Å². The van der Waals surface area contributed by atoms with E-state index in [0.29, 0.717) is 21.8 Å². The van der Waals surface area contributed by atoms with Crippen LogP contribution in [0.3, 0.4) is 0 Å². The number of nitrogens with zero attached hydrogens (tertiary/aromatic N) is 6. The Labute approximate surface area is 114 Å². The normalized spacial score (nSPS) is 11.9. The van der Waals surface area contributed by atoms with Crippen molar-refractivity contribution in [3.8, 4) is 11.5 Å². The molecule has 0 radical (unpaired) electrons. The zero-order valence-electron chi connectivity index (χ0n) is 9.81. The van der Waals surface area contributed by atoms with Crippen LogP contribution in [0.15, 0.2) is 30.0 Å². The van der Waals surface area contributed by atoms with E-state index >= 15 is 0 Å². The highest BCUT2D eigenvalue weighted by molar-refractivity contribution is 7.16. The first-order valence-electron chi connectivity index (χ1n) is 5.64. The molecule has 4 rings (SSSR count). The van der Waals surface area contributed by atoms with Gasteiger partial charge in [-0.25, -0.2) is 19.2 Å². The fraction of sp³-hybridized carbons (Fsp3) is 0.0909. The Balaban J connectivity index is 1.91. The molecule has 0 aliphatic heterocycles. The molecule has 0 aliphatic carbocycles. The minimum Gasteiger partial charge on any atom is -0.225 e. The van der Waals surface area contributed by atoms with E-state index in [1.165, 1.54) is 28.1 Å². The molecule has 0 bridgehead atoms. The van der Waals surface area contributed by atoms with Crippen molar-refractivity contribution < 1.29 is 8.78 Å². The van der Waals surface area contributed by atoms with Gasteiger partial charge in [-0.05, 0) is 17.5 Å². The quantitative estimate of drug-likeness (QED) is 0.570. The molecule has 9 heteroatoms. The standard InChI is InChI=1S/C11H6F2N6S/c12-11(13)18-3-1-7(16-18)8-15-9-6-2-4-20-10(6)14-5-19(9)17-8/h1-5,11H. The molecule has 0 saturated carbocycles. The summed E-state index contributed by atoms with van der Waals surface area (Å²) in [5.74, 6) is 0.296. The molecule has 0 amide bonds. The maximum atomic E-state index is 12.5. The van der Waals surface area contributed by atoms with Gasteiger partial charge in [0.1, 0.15) is 16.9 Å². The summed E-state index contributed by atoms with van der Waals surface area (Å²) >= 11 is 1.50. The second-order valence-corrected chi connectivity index (χ2v) is 4.94. The van der Waals surface area contributed by atoms with Gasteiger partial charge < -0.3 is 0 Å². The lowest BCUT2D eigenvalue weighted by Crippen LogP contribution is -1.98. The number of halogens is 2. The molecule has 100 valence electrons. The van der Waals surface area contributed by atoms with E-state index in [9.17, 15) is 8.78 Å². The average Bonchev–Trinajstić information content (AvgIpc) is 3.16. The Bertz CT molecular complexity index is 908. The summed E-state index contributed by atoms with van der Waals surface area (Å²) in [7, 11) is 0. The lowest BCUT2D eigenvalue weighted by atomic mass is 10.4. The maximum Gasteiger partial charge on any atom is 0.333 e. The summed E-state index contributed by atoms with van der Waals surface area (Å²) in [6, 6.07) is 3.36. The van der Waals surface area contributed by atoms with E-state index in [4.69, 9.17) is 0 Å². The average molecular weight is 292 g/mol. The Morgan fingerprint density at radius 3 is 2.90 bits per heavy atom. The molecule has 0 unspecified atom stereocenters. The van der Waals surface area contributed by atoms with Crippen molar-refractivity contribution in [3.63, 3.8) is 0 Å². The number of hydrogen-bond donors (Lipinski definition) is 0. The monoisotopic (exact) mass is 292 g/mol. The number of alkyl halides is 2. The zero-order chi connectivity index (χ0) is 13.7. The van der Waals surface area contributed by atoms with E-state index in [-0.39, 0.29) is 0 Å². The predicted octanol–water partition coefficient (Wildman–Crippen LogP) is 2.60. The third-order valence-corrected chi connectivity index (χ3v) is 3.66. The van der Waals surface area contributed by atoms with Crippen LogP contribution in [0.4, 0.5) is 8.78 Å². The maximum absolute atomic E-state index is 12.5. The van der Waals surface area contributed by atoms with Gasteiger partial charge in [0, 0.05) is 6.20 Å². The van der Waals surface area contributed by atoms with E-state index in [1.54, 1.807) is 6.33 Å². The van der Waals surface area contributed by atoms with Crippen LogP contribution in [0, 0.1) is 0 Å². The number of fused-ring (bicyclic) bond motifs is 3. The van der Waals surface area contributed by atoms with Crippen LogP contribution in [-0.4, -0.2) is 29.4 Å². The molecule has 0 aromatic carbocycles. The fourth-order valence-electron chi connectivity index (χ4n) is 1.94. The number of aromatic nitrogens is 6. The van der Waals surface area contributed by atoms with Crippen LogP contribution in [0.1, 0.15) is 6.55 Å². The Hall–Kier alpha value is -2.42. The summed E-state index contributed by atoms with van der Waals surface area (Å²) in [6.45, 7) is -2.67. The van der Waals surface area contributed by atoms with Gasteiger partial charge in [-0.1, -0.05) is 0 Å². The van der Waals surface area contributed by atoms with Gasteiger partial charge in [-0.3, -0.25) is 0 Å². The minimum atomic E-state index is -2.67. The third-order valence-electron chi connectivity index (χ3n) is 2.84. The van der Waals surface area contributed by atoms with Gasteiger partial charge in [-0.15, -0.1) is 16.4 Å². The summed E-state index contributed by atoms with van der Waals surface area (Å²) < 4.78 is 27.1. The fourth-order valence-corrected chi connectivity index (χ4v) is 2.67. The van der Waals surface area contributed by atoms with Crippen molar-refractivity contribution in [2.45, 2.75) is 6.55 Å². The van der Waals surface area contributed by atoms with Crippen molar-refractivity contribution in [3.05, 3.63) is 30.0 Å². The number of rotatable bonds is 2. The minimum absolute atomic E-state index is 0.296. The molecular weight excluding hydrogens is 286 g/mol. The number of thiophene rings is 1. The SMILES string of the molecule is FC(F)n1ccc(-c2nc3c4ccsc4ncn3n2)n1. The first-order chi connectivity index (χ1) is 9.72. The molecule has 0 N–H and O–H groups in total. The van der Waals surface area contributed by atoms with Gasteiger partial charge in [-0.2, -0.15) is 13.9 Å². The van der Waals surface area contributed by atoms with Crippen molar-refractivity contribution in [1.29, 1.82) is 0 Å². The van der Waals surface area contributed by atoms with Crippen LogP contribution < -0.4 is 0 Å². The molecule has 0 atom stereocenters. The predicted molar refractivity (Wildman–Crippen MR) is 68.6 cm³/mol. The Morgan fingerprint density at radius 2 is 2.10 bits per heavy atom. The van der Waals surface area contributed by atoms with Crippen LogP contribution in [0.5, 0.6) is 0 Å². The second kappa shape index (κ2) is 4.04. The summed E-state index contributed by atoms with van der Waals surface area (Å²) in [6.07, 6.45) is 2.75. The second-order valence-electron chi connectivity index (χ2n) is 4.05. The first kappa shape index (κ1) is 11.4. The van der Waals surface area contributed by atoms with E-state index in [0.717, 1.165) is 10.2 Å². The number of hydrogen-bond acceptors (Lipinski definition) is 5. The van der Waals surface area contributed by atoms with Gasteiger partial charge in [0.05, 0.1) is 5.39 Å². The highest BCUT2D eigenvalue weighted by Crippen LogP contribution is 2.23. The smallest absolute Gasteiger partial charge is 0.225 e. The molecule has 6 nitrogen and oxygen atoms in total.